The van der Waals surface area contributed by atoms with E-state index < -0.39 is 21.9 Å². The molecule has 0 saturated carbocycles. The molecule has 0 atom stereocenters. The van der Waals surface area contributed by atoms with E-state index in [4.69, 9.17) is 0 Å². The van der Waals surface area contributed by atoms with Gasteiger partial charge in [0.25, 0.3) is 0 Å². The fourth-order valence-electron chi connectivity index (χ4n) is 0.879. The summed E-state index contributed by atoms with van der Waals surface area (Å²) < 4.78 is 37.8. The summed E-state index contributed by atoms with van der Waals surface area (Å²) in [4.78, 5) is 0. The van der Waals surface area contributed by atoms with Crippen molar-refractivity contribution in [3.05, 3.63) is 33.6 Å². The van der Waals surface area contributed by atoms with Crippen molar-refractivity contribution in [2.24, 2.45) is 0 Å². The van der Waals surface area contributed by atoms with Crippen LogP contribution in [0.3, 0.4) is 0 Å². The lowest BCUT2D eigenvalue weighted by atomic mass is 10.1. The molecule has 66 valence electrons. The van der Waals surface area contributed by atoms with Gasteiger partial charge in [-0.3, -0.25) is 0 Å². The molecule has 1 aromatic rings. The molecule has 0 aromatic heterocycles. The van der Waals surface area contributed by atoms with Crippen molar-refractivity contribution in [1.29, 1.82) is 0 Å². The molecule has 0 amide bonds. The van der Waals surface area contributed by atoms with Gasteiger partial charge in [0.1, 0.15) is 5.82 Å². The Morgan fingerprint density at radius 3 is 2.33 bits per heavy atom. The maximum atomic E-state index is 13.0. The molecule has 0 unspecified atom stereocenters. The van der Waals surface area contributed by atoms with Gasteiger partial charge in [0.05, 0.1) is 4.47 Å². The molecule has 0 bridgehead atoms. The lowest BCUT2D eigenvalue weighted by Gasteiger charge is -2.03. The Balaban J connectivity index is 3.39. The third-order valence-electron chi connectivity index (χ3n) is 1.56. The first-order chi connectivity index (χ1) is 5.57. The smallest absolute Gasteiger partial charge is 0.175 e. The molecule has 0 heterocycles. The van der Waals surface area contributed by atoms with Crippen molar-refractivity contribution in [3.63, 3.8) is 0 Å². The Labute approximate surface area is 76.5 Å². The van der Waals surface area contributed by atoms with Crippen LogP contribution in [0.2, 0.25) is 0 Å². The Morgan fingerprint density at radius 2 is 1.83 bits per heavy atom. The van der Waals surface area contributed by atoms with Crippen LogP contribution in [-0.4, -0.2) is 0 Å². The quantitative estimate of drug-likeness (QED) is 0.520. The van der Waals surface area contributed by atoms with Crippen LogP contribution in [0.1, 0.15) is 12.5 Å². The molecule has 0 radical (unpaired) electrons. The SMILES string of the molecule is CCc1cc(F)c(F)c(Br)c1F. The fraction of sp³-hybridized carbons (Fsp3) is 0.250. The fourth-order valence-corrected chi connectivity index (χ4v) is 1.32. The van der Waals surface area contributed by atoms with E-state index >= 15 is 0 Å². The van der Waals surface area contributed by atoms with Crippen LogP contribution < -0.4 is 0 Å². The summed E-state index contributed by atoms with van der Waals surface area (Å²) >= 11 is 2.63. The molecule has 0 aliphatic heterocycles. The number of aryl methyl sites for hydroxylation is 1. The third-order valence-corrected chi connectivity index (χ3v) is 2.26. The predicted molar refractivity (Wildman–Crippen MR) is 43.4 cm³/mol. The highest BCUT2D eigenvalue weighted by molar-refractivity contribution is 9.10. The number of hydrogen-bond donors (Lipinski definition) is 0. The zero-order chi connectivity index (χ0) is 9.30. The molecule has 0 fully saturated rings. The first-order valence-corrected chi connectivity index (χ1v) is 4.19. The highest BCUT2D eigenvalue weighted by Crippen LogP contribution is 2.25. The molecule has 0 N–H and O–H groups in total. The van der Waals surface area contributed by atoms with Crippen molar-refractivity contribution in [1.82, 2.24) is 0 Å². The number of benzene rings is 1. The minimum absolute atomic E-state index is 0.167. The topological polar surface area (TPSA) is 0 Å². The number of hydrogen-bond acceptors (Lipinski definition) is 0. The van der Waals surface area contributed by atoms with Crippen LogP contribution in [0.15, 0.2) is 10.5 Å². The Hall–Kier alpha value is -0.510. The summed E-state index contributed by atoms with van der Waals surface area (Å²) in [6, 6.07) is 0.870. The molecule has 0 aliphatic rings. The van der Waals surface area contributed by atoms with E-state index in [1.54, 1.807) is 6.92 Å². The van der Waals surface area contributed by atoms with Crippen LogP contribution in [0.25, 0.3) is 0 Å². The average Bonchev–Trinajstić information content (AvgIpc) is 2.08. The van der Waals surface area contributed by atoms with Gasteiger partial charge in [-0.1, -0.05) is 6.92 Å². The Kier molecular flexibility index (Phi) is 2.77. The van der Waals surface area contributed by atoms with E-state index in [9.17, 15) is 13.2 Å². The lowest BCUT2D eigenvalue weighted by Crippen LogP contribution is -1.96. The lowest BCUT2D eigenvalue weighted by molar-refractivity contribution is 0.483. The second kappa shape index (κ2) is 3.47. The monoisotopic (exact) mass is 238 g/mol. The van der Waals surface area contributed by atoms with Gasteiger partial charge in [-0.15, -0.1) is 0 Å². The van der Waals surface area contributed by atoms with Gasteiger partial charge in [0, 0.05) is 0 Å². The summed E-state index contributed by atoms with van der Waals surface area (Å²) in [5.74, 6) is -2.93. The molecule has 1 aromatic carbocycles. The largest absolute Gasteiger partial charge is 0.205 e. The van der Waals surface area contributed by atoms with Crippen molar-refractivity contribution in [2.75, 3.05) is 0 Å². The van der Waals surface area contributed by atoms with Gasteiger partial charge in [0.15, 0.2) is 11.6 Å². The minimum atomic E-state index is -1.18. The molecule has 12 heavy (non-hydrogen) atoms. The van der Waals surface area contributed by atoms with E-state index in [0.29, 0.717) is 6.42 Å². The van der Waals surface area contributed by atoms with E-state index in [-0.39, 0.29) is 5.56 Å². The van der Waals surface area contributed by atoms with Crippen LogP contribution in [-0.2, 0) is 6.42 Å². The standard InChI is InChI=1S/C8H6BrF3/c1-2-4-3-5(10)8(12)6(9)7(4)11/h3H,2H2,1H3. The van der Waals surface area contributed by atoms with Crippen LogP contribution >= 0.6 is 15.9 Å². The van der Waals surface area contributed by atoms with E-state index in [1.165, 1.54) is 0 Å². The van der Waals surface area contributed by atoms with E-state index in [1.807, 2.05) is 0 Å². The van der Waals surface area contributed by atoms with E-state index in [0.717, 1.165) is 6.07 Å². The molecule has 0 saturated heterocycles. The molecule has 4 heteroatoms. The first kappa shape index (κ1) is 9.58. The summed E-state index contributed by atoms with van der Waals surface area (Å²) in [6.07, 6.45) is 0.335. The first-order valence-electron chi connectivity index (χ1n) is 3.39. The zero-order valence-corrected chi connectivity index (χ0v) is 7.88. The molecule has 1 rings (SSSR count). The number of rotatable bonds is 1. The van der Waals surface area contributed by atoms with Crippen LogP contribution in [0.5, 0.6) is 0 Å². The van der Waals surface area contributed by atoms with Crippen molar-refractivity contribution in [2.45, 2.75) is 13.3 Å². The second-order valence-corrected chi connectivity index (χ2v) is 3.11. The summed E-state index contributed by atoms with van der Waals surface area (Å²) in [6.45, 7) is 1.67. The van der Waals surface area contributed by atoms with Crippen molar-refractivity contribution < 1.29 is 13.2 Å². The van der Waals surface area contributed by atoms with Gasteiger partial charge >= 0.3 is 0 Å². The average molecular weight is 239 g/mol. The molecule has 0 spiro atoms. The predicted octanol–water partition coefficient (Wildman–Crippen LogP) is 3.43. The summed E-state index contributed by atoms with van der Waals surface area (Å²) in [5.41, 5.74) is 0.167. The molecule has 0 aliphatic carbocycles. The van der Waals surface area contributed by atoms with Gasteiger partial charge in [-0.2, -0.15) is 0 Å². The van der Waals surface area contributed by atoms with Gasteiger partial charge in [-0.05, 0) is 34.0 Å². The van der Waals surface area contributed by atoms with Crippen molar-refractivity contribution in [3.8, 4) is 0 Å². The molecular weight excluding hydrogens is 233 g/mol. The third kappa shape index (κ3) is 1.48. The zero-order valence-electron chi connectivity index (χ0n) is 6.30. The molecule has 0 nitrogen and oxygen atoms in total. The maximum absolute atomic E-state index is 13.0. The Bertz CT molecular complexity index is 310. The Morgan fingerprint density at radius 1 is 1.25 bits per heavy atom. The van der Waals surface area contributed by atoms with E-state index in [2.05, 4.69) is 15.9 Å². The van der Waals surface area contributed by atoms with Gasteiger partial charge in [-0.25, -0.2) is 13.2 Å². The minimum Gasteiger partial charge on any atom is -0.205 e. The molecular formula is C8H6BrF3. The second-order valence-electron chi connectivity index (χ2n) is 2.31. The maximum Gasteiger partial charge on any atom is 0.175 e. The number of halogens is 4. The highest BCUT2D eigenvalue weighted by atomic mass is 79.9. The summed E-state index contributed by atoms with van der Waals surface area (Å²) in [5, 5.41) is 0. The van der Waals surface area contributed by atoms with Crippen LogP contribution in [0, 0.1) is 17.5 Å². The normalized spacial score (nSPS) is 10.4. The summed E-state index contributed by atoms with van der Waals surface area (Å²) in [7, 11) is 0. The van der Waals surface area contributed by atoms with Crippen LogP contribution in [0.4, 0.5) is 13.2 Å². The van der Waals surface area contributed by atoms with Crippen molar-refractivity contribution >= 4 is 15.9 Å². The van der Waals surface area contributed by atoms with Gasteiger partial charge < -0.3 is 0 Å². The van der Waals surface area contributed by atoms with Gasteiger partial charge in [0.2, 0.25) is 0 Å². The highest BCUT2D eigenvalue weighted by Gasteiger charge is 2.14.